The molecule has 162 valence electrons. The summed E-state index contributed by atoms with van der Waals surface area (Å²) < 4.78 is 5.12. The van der Waals surface area contributed by atoms with Gasteiger partial charge in [0.25, 0.3) is 5.91 Å². The van der Waals surface area contributed by atoms with Gasteiger partial charge < -0.3 is 20.3 Å². The van der Waals surface area contributed by atoms with Gasteiger partial charge in [0.05, 0.1) is 7.11 Å². The molecule has 2 aromatic rings. The first-order valence-electron chi connectivity index (χ1n) is 9.58. The van der Waals surface area contributed by atoms with Crippen LogP contribution in [0.3, 0.4) is 0 Å². The Morgan fingerprint density at radius 3 is 2.26 bits per heavy atom. The first-order chi connectivity index (χ1) is 14.7. The molecule has 5 amide bonds. The van der Waals surface area contributed by atoms with Crippen LogP contribution in [0, 0.1) is 0 Å². The molecule has 3 rings (SSSR count). The van der Waals surface area contributed by atoms with Crippen LogP contribution in [0.2, 0.25) is 0 Å². The van der Waals surface area contributed by atoms with Gasteiger partial charge in [-0.15, -0.1) is 0 Å². The second-order valence-corrected chi connectivity index (χ2v) is 7.35. The lowest BCUT2D eigenvalue weighted by atomic mass is 9.92. The minimum Gasteiger partial charge on any atom is -0.497 e. The lowest BCUT2D eigenvalue weighted by Crippen LogP contribution is -2.42. The molecule has 9 nitrogen and oxygen atoms in total. The summed E-state index contributed by atoms with van der Waals surface area (Å²) in [5, 5.41) is 5.32. The Kier molecular flexibility index (Phi) is 5.96. The summed E-state index contributed by atoms with van der Waals surface area (Å²) in [4.78, 5) is 51.6. The van der Waals surface area contributed by atoms with Crippen LogP contribution in [0.1, 0.15) is 19.4 Å². The van der Waals surface area contributed by atoms with E-state index in [-0.39, 0.29) is 5.91 Å². The molecule has 9 heteroatoms. The van der Waals surface area contributed by atoms with Gasteiger partial charge in [-0.3, -0.25) is 19.3 Å². The van der Waals surface area contributed by atoms with E-state index in [0.717, 1.165) is 4.90 Å². The van der Waals surface area contributed by atoms with Crippen molar-refractivity contribution in [3.63, 3.8) is 0 Å². The third-order valence-electron chi connectivity index (χ3n) is 5.25. The van der Waals surface area contributed by atoms with E-state index in [4.69, 9.17) is 4.74 Å². The molecule has 1 unspecified atom stereocenters. The quantitative estimate of drug-likeness (QED) is 0.691. The molecule has 31 heavy (non-hydrogen) atoms. The van der Waals surface area contributed by atoms with E-state index in [1.54, 1.807) is 62.5 Å². The summed E-state index contributed by atoms with van der Waals surface area (Å²) in [7, 11) is 3.18. The van der Waals surface area contributed by atoms with Crippen LogP contribution >= 0.6 is 0 Å². The molecular weight excluding hydrogens is 400 g/mol. The number of nitrogens with zero attached hydrogens (tertiary/aromatic N) is 2. The number of benzene rings is 2. The minimum atomic E-state index is -1.28. The third-order valence-corrected chi connectivity index (χ3v) is 5.25. The van der Waals surface area contributed by atoms with Gasteiger partial charge in [-0.05, 0) is 48.9 Å². The summed E-state index contributed by atoms with van der Waals surface area (Å²) in [5.74, 6) is -0.525. The van der Waals surface area contributed by atoms with Crippen molar-refractivity contribution >= 4 is 35.1 Å². The molecule has 1 aliphatic heterocycles. The van der Waals surface area contributed by atoms with Crippen LogP contribution in [-0.2, 0) is 19.9 Å². The Morgan fingerprint density at radius 2 is 1.71 bits per heavy atom. The molecule has 1 atom stereocenters. The number of hydrogen-bond donors (Lipinski definition) is 2. The smallest absolute Gasteiger partial charge is 0.325 e. The molecule has 2 N–H and O–H groups in total. The number of rotatable bonds is 6. The van der Waals surface area contributed by atoms with Crippen molar-refractivity contribution in [2.75, 3.05) is 30.9 Å². The normalized spacial score (nSPS) is 17.9. The van der Waals surface area contributed by atoms with Crippen molar-refractivity contribution < 1.29 is 23.9 Å². The summed E-state index contributed by atoms with van der Waals surface area (Å²) in [5.41, 5.74) is 0.466. The van der Waals surface area contributed by atoms with E-state index >= 15 is 0 Å². The predicted octanol–water partition coefficient (Wildman–Crippen LogP) is 2.08. The fourth-order valence-electron chi connectivity index (χ4n) is 3.25. The molecule has 2 aromatic carbocycles. The summed E-state index contributed by atoms with van der Waals surface area (Å²) in [6, 6.07) is 12.8. The Labute approximate surface area is 180 Å². The highest BCUT2D eigenvalue weighted by molar-refractivity contribution is 6.10. The second-order valence-electron chi connectivity index (χ2n) is 7.35. The zero-order chi connectivity index (χ0) is 22.8. The van der Waals surface area contributed by atoms with E-state index in [2.05, 4.69) is 10.6 Å². The summed E-state index contributed by atoms with van der Waals surface area (Å²) in [6.07, 6.45) is 0. The van der Waals surface area contributed by atoms with Gasteiger partial charge in [0, 0.05) is 25.3 Å². The van der Waals surface area contributed by atoms with Crippen LogP contribution in [0.25, 0.3) is 0 Å². The topological polar surface area (TPSA) is 108 Å². The number of methoxy groups -OCH3 is 1. The van der Waals surface area contributed by atoms with E-state index in [9.17, 15) is 19.2 Å². The zero-order valence-electron chi connectivity index (χ0n) is 17.8. The molecule has 0 aliphatic carbocycles. The van der Waals surface area contributed by atoms with Crippen LogP contribution in [0.4, 0.5) is 16.2 Å². The van der Waals surface area contributed by atoms with Crippen molar-refractivity contribution in [1.82, 2.24) is 10.2 Å². The molecule has 0 radical (unpaired) electrons. The van der Waals surface area contributed by atoms with E-state index in [1.165, 1.54) is 18.9 Å². The maximum atomic E-state index is 13.0. The number of carbonyl (C=O) groups excluding carboxylic acids is 4. The van der Waals surface area contributed by atoms with E-state index in [1.807, 2.05) is 0 Å². The van der Waals surface area contributed by atoms with Crippen LogP contribution < -0.4 is 20.3 Å². The Bertz CT molecular complexity index is 1020. The molecule has 0 aromatic heterocycles. The summed E-state index contributed by atoms with van der Waals surface area (Å²) in [6.45, 7) is 2.62. The zero-order valence-corrected chi connectivity index (χ0v) is 17.8. The number of nitrogens with one attached hydrogen (secondary N) is 2. The highest BCUT2D eigenvalue weighted by atomic mass is 16.5. The minimum absolute atomic E-state index is 0.116. The highest BCUT2D eigenvalue weighted by Gasteiger charge is 2.49. The number of ether oxygens (including phenoxy) is 1. The monoisotopic (exact) mass is 424 g/mol. The maximum absolute atomic E-state index is 13.0. The number of imide groups is 1. The molecule has 0 saturated carbocycles. The lowest BCUT2D eigenvalue weighted by Gasteiger charge is -2.22. The number of urea groups is 1. The predicted molar refractivity (Wildman–Crippen MR) is 115 cm³/mol. The standard InChI is InChI=1S/C22H24N4O5/c1-14(27)25(3)17-9-7-16(8-10-17)23-19(28)13-26-20(29)22(2,24-21(26)30)15-5-11-18(31-4)12-6-15/h5-12H,13H2,1-4H3,(H,23,28)(H,24,30). The molecule has 1 fully saturated rings. The molecule has 1 heterocycles. The first-order valence-corrected chi connectivity index (χ1v) is 9.58. The largest absolute Gasteiger partial charge is 0.497 e. The van der Waals surface area contributed by atoms with Gasteiger partial charge >= 0.3 is 6.03 Å². The molecule has 0 bridgehead atoms. The first kappa shape index (κ1) is 21.8. The van der Waals surface area contributed by atoms with E-state index < -0.39 is 29.9 Å². The van der Waals surface area contributed by atoms with Crippen molar-refractivity contribution in [3.05, 3.63) is 54.1 Å². The maximum Gasteiger partial charge on any atom is 0.325 e. The van der Waals surface area contributed by atoms with Gasteiger partial charge in [0.15, 0.2) is 0 Å². The van der Waals surface area contributed by atoms with Gasteiger partial charge in [-0.2, -0.15) is 0 Å². The number of carbonyl (C=O) groups is 4. The third kappa shape index (κ3) is 4.35. The average molecular weight is 424 g/mol. The Balaban J connectivity index is 1.68. The van der Waals surface area contributed by atoms with Crippen molar-refractivity contribution in [1.29, 1.82) is 0 Å². The average Bonchev–Trinajstić information content (AvgIpc) is 2.97. The second kappa shape index (κ2) is 8.47. The lowest BCUT2D eigenvalue weighted by molar-refractivity contribution is -0.133. The molecule has 0 spiro atoms. The number of anilines is 2. The Morgan fingerprint density at radius 1 is 1.10 bits per heavy atom. The van der Waals surface area contributed by atoms with Gasteiger partial charge in [-0.1, -0.05) is 12.1 Å². The Hall–Kier alpha value is -3.88. The summed E-state index contributed by atoms with van der Waals surface area (Å²) >= 11 is 0. The van der Waals surface area contributed by atoms with Crippen molar-refractivity contribution in [2.24, 2.45) is 0 Å². The van der Waals surface area contributed by atoms with Crippen LogP contribution in [0.15, 0.2) is 48.5 Å². The SMILES string of the molecule is COc1ccc(C2(C)NC(=O)N(CC(=O)Nc3ccc(N(C)C(C)=O)cc3)C2=O)cc1. The fourth-order valence-corrected chi connectivity index (χ4v) is 3.25. The molecule has 1 saturated heterocycles. The fraction of sp³-hybridized carbons (Fsp3) is 0.273. The van der Waals surface area contributed by atoms with E-state index in [0.29, 0.717) is 22.7 Å². The van der Waals surface area contributed by atoms with Gasteiger partial charge in [0.2, 0.25) is 11.8 Å². The van der Waals surface area contributed by atoms with Crippen LogP contribution in [-0.4, -0.2) is 49.4 Å². The van der Waals surface area contributed by atoms with Crippen LogP contribution in [0.5, 0.6) is 5.75 Å². The number of hydrogen-bond acceptors (Lipinski definition) is 5. The van der Waals surface area contributed by atoms with Gasteiger partial charge in [0.1, 0.15) is 17.8 Å². The number of amides is 5. The van der Waals surface area contributed by atoms with Crippen molar-refractivity contribution in [2.45, 2.75) is 19.4 Å². The highest BCUT2D eigenvalue weighted by Crippen LogP contribution is 2.30. The van der Waals surface area contributed by atoms with Crippen molar-refractivity contribution in [3.8, 4) is 5.75 Å². The molecule has 1 aliphatic rings. The van der Waals surface area contributed by atoms with Gasteiger partial charge in [-0.25, -0.2) is 4.79 Å². The molecular formula is C22H24N4O5.